The third-order valence-electron chi connectivity index (χ3n) is 1.94. The molecule has 0 amide bonds. The van der Waals surface area contributed by atoms with Gasteiger partial charge in [-0.05, 0) is 37.3 Å². The number of hydrazone groups is 1. The van der Waals surface area contributed by atoms with Crippen LogP contribution in [0.25, 0.3) is 0 Å². The van der Waals surface area contributed by atoms with E-state index in [1.165, 1.54) is 0 Å². The van der Waals surface area contributed by atoms with E-state index < -0.39 is 0 Å². The van der Waals surface area contributed by atoms with Gasteiger partial charge in [-0.1, -0.05) is 0 Å². The highest BCUT2D eigenvalue weighted by atomic mass is 32.1. The van der Waals surface area contributed by atoms with Crippen LogP contribution in [0.3, 0.4) is 0 Å². The van der Waals surface area contributed by atoms with Crippen LogP contribution in [0, 0.1) is 0 Å². The van der Waals surface area contributed by atoms with E-state index in [0.717, 1.165) is 5.56 Å². The Bertz CT molecular complexity index is 421. The summed E-state index contributed by atoms with van der Waals surface area (Å²) >= 11 is 4.89. The second-order valence-electron chi connectivity index (χ2n) is 3.15. The van der Waals surface area contributed by atoms with Crippen LogP contribution in [0.4, 0.5) is 0 Å². The summed E-state index contributed by atoms with van der Waals surface area (Å²) in [7, 11) is 1.73. The number of hydrogen-bond donors (Lipinski definition) is 4. The fraction of sp³-hybridized carbons (Fsp3) is 0.273. The summed E-state index contributed by atoms with van der Waals surface area (Å²) in [6.07, 6.45) is 1.71. The lowest BCUT2D eigenvalue weighted by Gasteiger charge is -2.05. The number of ether oxygens (including phenoxy) is 1. The first kappa shape index (κ1) is 13.2. The van der Waals surface area contributed by atoms with E-state index in [9.17, 15) is 5.11 Å². The second kappa shape index (κ2) is 6.70. The van der Waals surface area contributed by atoms with Gasteiger partial charge < -0.3 is 15.2 Å². The number of thiocarbonyl (C=S) groups is 1. The average molecular weight is 254 g/mol. The molecule has 0 aliphatic carbocycles. The van der Waals surface area contributed by atoms with Gasteiger partial charge in [0.05, 0.1) is 6.61 Å². The number of benzene rings is 1. The zero-order chi connectivity index (χ0) is 12.7. The van der Waals surface area contributed by atoms with Crippen LogP contribution in [0.5, 0.6) is 11.5 Å². The SMILES string of the molecule is CCOc1cc(C=[NH+]NC(=S)NC)ccc1O. The maximum Gasteiger partial charge on any atom is 0.223 e. The highest BCUT2D eigenvalue weighted by Crippen LogP contribution is 2.25. The Morgan fingerprint density at radius 3 is 3.00 bits per heavy atom. The Morgan fingerprint density at radius 2 is 2.35 bits per heavy atom. The molecule has 0 saturated carbocycles. The molecule has 0 spiro atoms. The molecule has 0 saturated heterocycles. The smallest absolute Gasteiger partial charge is 0.223 e. The quantitative estimate of drug-likeness (QED) is 0.325. The molecule has 0 aliphatic rings. The van der Waals surface area contributed by atoms with Gasteiger partial charge in [0.25, 0.3) is 0 Å². The van der Waals surface area contributed by atoms with Crippen LogP contribution >= 0.6 is 12.2 Å². The van der Waals surface area contributed by atoms with Crippen molar-refractivity contribution in [2.45, 2.75) is 6.92 Å². The van der Waals surface area contributed by atoms with Crippen molar-refractivity contribution >= 4 is 23.5 Å². The minimum Gasteiger partial charge on any atom is -0.504 e. The van der Waals surface area contributed by atoms with E-state index in [2.05, 4.69) is 15.8 Å². The van der Waals surface area contributed by atoms with Crippen molar-refractivity contribution in [3.05, 3.63) is 23.8 Å². The van der Waals surface area contributed by atoms with Crippen LogP contribution < -0.4 is 20.6 Å². The topological polar surface area (TPSA) is 67.5 Å². The van der Waals surface area contributed by atoms with Crippen molar-refractivity contribution in [2.75, 3.05) is 13.7 Å². The maximum atomic E-state index is 9.51. The third-order valence-corrected chi connectivity index (χ3v) is 2.24. The summed E-state index contributed by atoms with van der Waals surface area (Å²) in [5.41, 5.74) is 3.62. The van der Waals surface area contributed by atoms with Gasteiger partial charge in [-0.3, -0.25) is 0 Å². The lowest BCUT2D eigenvalue weighted by atomic mass is 10.2. The fourth-order valence-corrected chi connectivity index (χ4v) is 1.20. The number of hydrazine groups is 1. The molecule has 0 unspecified atom stereocenters. The number of phenols is 1. The Labute approximate surface area is 105 Å². The highest BCUT2D eigenvalue weighted by Gasteiger charge is 2.03. The fourth-order valence-electron chi connectivity index (χ4n) is 1.14. The lowest BCUT2D eigenvalue weighted by Crippen LogP contribution is -2.82. The number of hydrogen-bond acceptors (Lipinski definition) is 3. The summed E-state index contributed by atoms with van der Waals surface area (Å²) in [6, 6.07) is 5.07. The molecule has 0 fully saturated rings. The summed E-state index contributed by atoms with van der Waals surface area (Å²) in [4.78, 5) is 0. The van der Waals surface area contributed by atoms with Gasteiger partial charge in [0.1, 0.15) is 0 Å². The predicted octanol–water partition coefficient (Wildman–Crippen LogP) is -0.701. The van der Waals surface area contributed by atoms with Crippen LogP contribution in [0.15, 0.2) is 18.2 Å². The van der Waals surface area contributed by atoms with Gasteiger partial charge in [0, 0.05) is 12.6 Å². The summed E-state index contributed by atoms with van der Waals surface area (Å²) in [6.45, 7) is 2.37. The minimum absolute atomic E-state index is 0.128. The van der Waals surface area contributed by atoms with E-state index in [1.54, 1.807) is 31.5 Å². The molecule has 0 heterocycles. The second-order valence-corrected chi connectivity index (χ2v) is 3.56. The molecule has 6 heteroatoms. The Balaban J connectivity index is 2.71. The van der Waals surface area contributed by atoms with E-state index in [-0.39, 0.29) is 5.75 Å². The first-order chi connectivity index (χ1) is 8.17. The molecule has 1 aromatic carbocycles. The molecule has 0 bridgehead atoms. The average Bonchev–Trinajstić information content (AvgIpc) is 2.33. The summed E-state index contributed by atoms with van der Waals surface area (Å²) < 4.78 is 5.27. The molecular weight excluding hydrogens is 238 g/mol. The Hall–Kier alpha value is -1.82. The van der Waals surface area contributed by atoms with E-state index in [0.29, 0.717) is 17.5 Å². The molecule has 0 atom stereocenters. The van der Waals surface area contributed by atoms with Crippen LogP contribution in [0.2, 0.25) is 0 Å². The molecule has 92 valence electrons. The number of nitrogens with one attached hydrogen (secondary N) is 3. The van der Waals surface area contributed by atoms with E-state index in [1.807, 2.05) is 6.92 Å². The summed E-state index contributed by atoms with van der Waals surface area (Å²) in [5.74, 6) is 0.585. The standard InChI is InChI=1S/C11H15N3O2S/c1-3-16-10-6-8(4-5-9(10)15)7-13-14-11(17)12-2/h4-7,15H,3H2,1-2H3,(H2,12,14,17)/p+1. The monoisotopic (exact) mass is 254 g/mol. The predicted molar refractivity (Wildman–Crippen MR) is 70.2 cm³/mol. The van der Waals surface area contributed by atoms with Crippen molar-refractivity contribution in [2.24, 2.45) is 0 Å². The molecular formula is C11H16N3O2S+. The van der Waals surface area contributed by atoms with E-state index >= 15 is 0 Å². The van der Waals surface area contributed by atoms with Crippen LogP contribution in [0.1, 0.15) is 12.5 Å². The molecule has 1 aromatic rings. The molecule has 0 radical (unpaired) electrons. The van der Waals surface area contributed by atoms with Crippen molar-refractivity contribution in [3.8, 4) is 11.5 Å². The van der Waals surface area contributed by atoms with Crippen molar-refractivity contribution in [1.29, 1.82) is 0 Å². The molecule has 4 N–H and O–H groups in total. The highest BCUT2D eigenvalue weighted by molar-refractivity contribution is 7.80. The zero-order valence-electron chi connectivity index (χ0n) is 9.78. The van der Waals surface area contributed by atoms with Gasteiger partial charge in [-0.2, -0.15) is 0 Å². The summed E-state index contributed by atoms with van der Waals surface area (Å²) in [5, 5.41) is 15.6. The van der Waals surface area contributed by atoms with Crippen molar-refractivity contribution < 1.29 is 14.9 Å². The van der Waals surface area contributed by atoms with Gasteiger partial charge in [-0.25, -0.2) is 0 Å². The van der Waals surface area contributed by atoms with Crippen molar-refractivity contribution in [1.82, 2.24) is 10.7 Å². The largest absolute Gasteiger partial charge is 0.504 e. The molecule has 5 nitrogen and oxygen atoms in total. The van der Waals surface area contributed by atoms with E-state index in [4.69, 9.17) is 17.0 Å². The molecule has 0 aromatic heterocycles. The number of phenolic OH excluding ortho intramolecular Hbond substituents is 1. The normalized spacial score (nSPS) is 10.2. The first-order valence-corrected chi connectivity index (χ1v) is 5.60. The van der Waals surface area contributed by atoms with Crippen molar-refractivity contribution in [3.63, 3.8) is 0 Å². The minimum atomic E-state index is 0.128. The Kier molecular flexibility index (Phi) is 5.22. The zero-order valence-corrected chi connectivity index (χ0v) is 10.6. The van der Waals surface area contributed by atoms with Crippen LogP contribution in [-0.2, 0) is 0 Å². The van der Waals surface area contributed by atoms with Gasteiger partial charge in [-0.15, -0.1) is 10.5 Å². The number of rotatable bonds is 4. The molecule has 1 rings (SSSR count). The molecule has 0 aliphatic heterocycles. The third kappa shape index (κ3) is 4.28. The lowest BCUT2D eigenvalue weighted by molar-refractivity contribution is -0.500. The maximum absolute atomic E-state index is 9.51. The van der Waals surface area contributed by atoms with Gasteiger partial charge in [0.2, 0.25) is 5.11 Å². The van der Waals surface area contributed by atoms with Gasteiger partial charge >= 0.3 is 0 Å². The number of aromatic hydroxyl groups is 1. The van der Waals surface area contributed by atoms with Gasteiger partial charge in [0.15, 0.2) is 17.7 Å². The molecule has 17 heavy (non-hydrogen) atoms. The van der Waals surface area contributed by atoms with Crippen LogP contribution in [-0.4, -0.2) is 30.1 Å². The Morgan fingerprint density at radius 1 is 1.59 bits per heavy atom. The first-order valence-electron chi connectivity index (χ1n) is 5.19.